The lowest BCUT2D eigenvalue weighted by Crippen LogP contribution is -2.39. The molecule has 20 heavy (non-hydrogen) atoms. The predicted molar refractivity (Wildman–Crippen MR) is 80.4 cm³/mol. The van der Waals surface area contributed by atoms with E-state index in [9.17, 15) is 4.79 Å². The Morgan fingerprint density at radius 2 is 1.95 bits per heavy atom. The average Bonchev–Trinajstić information content (AvgIpc) is 2.71. The molecule has 5 nitrogen and oxygen atoms in total. The number of nitrogens with zero attached hydrogens (tertiary/aromatic N) is 2. The van der Waals surface area contributed by atoms with Crippen LogP contribution in [0.4, 0.5) is 4.79 Å². The average molecular weight is 274 g/mol. The molecule has 0 atom stereocenters. The summed E-state index contributed by atoms with van der Waals surface area (Å²) in [5, 5.41) is 5.70. The second-order valence-corrected chi connectivity index (χ2v) is 6.17. The van der Waals surface area contributed by atoms with E-state index < -0.39 is 0 Å². The van der Waals surface area contributed by atoms with E-state index in [0.717, 1.165) is 16.9 Å². The first kappa shape index (κ1) is 14.4. The summed E-state index contributed by atoms with van der Waals surface area (Å²) in [5.74, 6) is 0.845. The first-order valence-electron chi connectivity index (χ1n) is 6.79. The molecule has 0 aliphatic rings. The number of imidazole rings is 1. The Labute approximate surface area is 119 Å². The Balaban J connectivity index is 1.96. The zero-order valence-corrected chi connectivity index (χ0v) is 12.5. The number of carbonyl (C=O) groups excluding carboxylic acids is 1. The summed E-state index contributed by atoms with van der Waals surface area (Å²) in [5.41, 5.74) is 2.09. The third kappa shape index (κ3) is 3.50. The van der Waals surface area contributed by atoms with Gasteiger partial charge in [0.05, 0.1) is 17.6 Å². The fourth-order valence-electron chi connectivity index (χ4n) is 1.92. The highest BCUT2D eigenvalue weighted by Gasteiger charge is 2.12. The van der Waals surface area contributed by atoms with Crippen molar-refractivity contribution in [2.75, 3.05) is 6.54 Å². The van der Waals surface area contributed by atoms with Crippen LogP contribution in [0.1, 0.15) is 26.6 Å². The van der Waals surface area contributed by atoms with Crippen LogP contribution < -0.4 is 10.6 Å². The van der Waals surface area contributed by atoms with E-state index in [2.05, 4.69) is 36.4 Å². The molecule has 1 aromatic heterocycles. The molecule has 0 aliphatic carbocycles. The van der Waals surface area contributed by atoms with Gasteiger partial charge in [-0.25, -0.2) is 9.78 Å². The minimum absolute atomic E-state index is 0.0786. The van der Waals surface area contributed by atoms with Gasteiger partial charge in [-0.15, -0.1) is 0 Å². The number of amides is 2. The molecule has 0 saturated carbocycles. The highest BCUT2D eigenvalue weighted by molar-refractivity contribution is 5.76. The van der Waals surface area contributed by atoms with Gasteiger partial charge in [0.2, 0.25) is 0 Å². The lowest BCUT2D eigenvalue weighted by Gasteiger charge is -2.18. The highest BCUT2D eigenvalue weighted by Crippen LogP contribution is 2.14. The van der Waals surface area contributed by atoms with Gasteiger partial charge >= 0.3 is 6.03 Å². The van der Waals surface area contributed by atoms with Crippen LogP contribution in [-0.4, -0.2) is 22.1 Å². The largest absolute Gasteiger partial charge is 0.338 e. The molecule has 0 saturated heterocycles. The van der Waals surface area contributed by atoms with Crippen LogP contribution in [0.5, 0.6) is 0 Å². The van der Waals surface area contributed by atoms with Gasteiger partial charge in [-0.1, -0.05) is 32.9 Å². The monoisotopic (exact) mass is 274 g/mol. The Kier molecular flexibility index (Phi) is 3.97. The number of aryl methyl sites for hydroxylation is 1. The number of nitrogens with one attached hydrogen (secondary N) is 2. The number of benzene rings is 1. The maximum atomic E-state index is 11.7. The summed E-state index contributed by atoms with van der Waals surface area (Å²) >= 11 is 0. The third-order valence-electron chi connectivity index (χ3n) is 3.07. The van der Waals surface area contributed by atoms with Crippen LogP contribution in [0.2, 0.25) is 0 Å². The molecule has 0 fully saturated rings. The molecule has 2 aromatic rings. The number of rotatable bonds is 3. The molecule has 1 heterocycles. The van der Waals surface area contributed by atoms with Crippen molar-refractivity contribution in [2.24, 2.45) is 12.5 Å². The van der Waals surface area contributed by atoms with Crippen LogP contribution in [-0.2, 0) is 13.6 Å². The lowest BCUT2D eigenvalue weighted by atomic mass is 9.97. The minimum Gasteiger partial charge on any atom is -0.338 e. The predicted octanol–water partition coefficient (Wildman–Crippen LogP) is 2.42. The van der Waals surface area contributed by atoms with Crippen LogP contribution in [0, 0.1) is 5.41 Å². The van der Waals surface area contributed by atoms with E-state index >= 15 is 0 Å². The topological polar surface area (TPSA) is 59.0 Å². The minimum atomic E-state index is -0.160. The third-order valence-corrected chi connectivity index (χ3v) is 3.07. The molecule has 0 radical (unpaired) electrons. The SMILES string of the molecule is Cn1c(CNC(=O)NCC(C)(C)C)nc2ccccc21. The van der Waals surface area contributed by atoms with Gasteiger partial charge in [-0.2, -0.15) is 0 Å². The molecule has 0 spiro atoms. The first-order valence-corrected chi connectivity index (χ1v) is 6.79. The van der Waals surface area contributed by atoms with Gasteiger partial charge in [0.25, 0.3) is 0 Å². The van der Waals surface area contributed by atoms with E-state index in [1.165, 1.54) is 0 Å². The Hall–Kier alpha value is -2.04. The lowest BCUT2D eigenvalue weighted by molar-refractivity contribution is 0.235. The Morgan fingerprint density at radius 1 is 1.25 bits per heavy atom. The van der Waals surface area contributed by atoms with E-state index in [-0.39, 0.29) is 11.4 Å². The molecule has 1 aromatic carbocycles. The molecular formula is C15H22N4O. The van der Waals surface area contributed by atoms with Crippen molar-refractivity contribution >= 4 is 17.1 Å². The van der Waals surface area contributed by atoms with E-state index in [0.29, 0.717) is 13.1 Å². The summed E-state index contributed by atoms with van der Waals surface area (Å²) in [4.78, 5) is 16.2. The zero-order chi connectivity index (χ0) is 14.8. The number of hydrogen-bond donors (Lipinski definition) is 2. The fourth-order valence-corrected chi connectivity index (χ4v) is 1.92. The standard InChI is InChI=1S/C15H22N4O/c1-15(2,3)10-17-14(20)16-9-13-18-11-7-5-6-8-12(11)19(13)4/h5-8H,9-10H2,1-4H3,(H2,16,17,20). The number of carbonyl (C=O) groups is 1. The van der Waals surface area contributed by atoms with Crippen molar-refractivity contribution in [3.63, 3.8) is 0 Å². The van der Waals surface area contributed by atoms with Gasteiger partial charge in [-0.05, 0) is 17.5 Å². The van der Waals surface area contributed by atoms with E-state index in [4.69, 9.17) is 0 Å². The molecular weight excluding hydrogens is 252 g/mol. The molecule has 5 heteroatoms. The van der Waals surface area contributed by atoms with Crippen molar-refractivity contribution in [1.82, 2.24) is 20.2 Å². The Bertz CT molecular complexity index is 610. The Morgan fingerprint density at radius 3 is 2.60 bits per heavy atom. The normalized spacial score (nSPS) is 11.6. The molecule has 2 rings (SSSR count). The zero-order valence-electron chi connectivity index (χ0n) is 12.5. The quantitative estimate of drug-likeness (QED) is 0.903. The summed E-state index contributed by atoms with van der Waals surface area (Å²) < 4.78 is 2.00. The fraction of sp³-hybridized carbons (Fsp3) is 0.467. The van der Waals surface area contributed by atoms with Gasteiger partial charge < -0.3 is 15.2 Å². The van der Waals surface area contributed by atoms with Crippen molar-refractivity contribution in [2.45, 2.75) is 27.3 Å². The van der Waals surface area contributed by atoms with Crippen molar-refractivity contribution in [3.05, 3.63) is 30.1 Å². The maximum Gasteiger partial charge on any atom is 0.315 e. The van der Waals surface area contributed by atoms with Crippen LogP contribution in [0.3, 0.4) is 0 Å². The van der Waals surface area contributed by atoms with Crippen molar-refractivity contribution in [1.29, 1.82) is 0 Å². The van der Waals surface area contributed by atoms with Crippen LogP contribution in [0.25, 0.3) is 11.0 Å². The maximum absolute atomic E-state index is 11.7. The molecule has 0 bridgehead atoms. The van der Waals surface area contributed by atoms with Crippen LogP contribution in [0.15, 0.2) is 24.3 Å². The molecule has 0 unspecified atom stereocenters. The number of aromatic nitrogens is 2. The summed E-state index contributed by atoms with van der Waals surface area (Å²) in [7, 11) is 1.96. The van der Waals surface area contributed by atoms with Crippen molar-refractivity contribution in [3.8, 4) is 0 Å². The number of urea groups is 1. The number of hydrogen-bond acceptors (Lipinski definition) is 2. The van der Waals surface area contributed by atoms with Gasteiger partial charge in [0.1, 0.15) is 5.82 Å². The highest BCUT2D eigenvalue weighted by atomic mass is 16.2. The van der Waals surface area contributed by atoms with Gasteiger partial charge in [0, 0.05) is 13.6 Å². The molecule has 0 aliphatic heterocycles. The van der Waals surface area contributed by atoms with Gasteiger partial charge in [-0.3, -0.25) is 0 Å². The van der Waals surface area contributed by atoms with Crippen LogP contribution >= 0.6 is 0 Å². The van der Waals surface area contributed by atoms with Gasteiger partial charge in [0.15, 0.2) is 0 Å². The molecule has 108 valence electrons. The number of para-hydroxylation sites is 2. The first-order chi connectivity index (χ1) is 9.37. The summed E-state index contributed by atoms with van der Waals surface area (Å²) in [6.45, 7) is 7.30. The summed E-state index contributed by atoms with van der Waals surface area (Å²) in [6, 6.07) is 7.77. The molecule has 2 N–H and O–H groups in total. The smallest absolute Gasteiger partial charge is 0.315 e. The van der Waals surface area contributed by atoms with E-state index in [1.54, 1.807) is 0 Å². The second-order valence-electron chi connectivity index (χ2n) is 6.17. The van der Waals surface area contributed by atoms with E-state index in [1.807, 2.05) is 35.9 Å². The molecule has 2 amide bonds. The summed E-state index contributed by atoms with van der Waals surface area (Å²) in [6.07, 6.45) is 0. The van der Waals surface area contributed by atoms with Crippen molar-refractivity contribution < 1.29 is 4.79 Å². The number of fused-ring (bicyclic) bond motifs is 1. The second kappa shape index (κ2) is 5.53.